The maximum Gasteiger partial charge on any atom is 0.0684 e. The lowest BCUT2D eigenvalue weighted by Gasteiger charge is -2.12. The first kappa shape index (κ1) is 9.72. The Hall–Kier alpha value is -0.820. The molecular weight excluding hydrogens is 172 g/mol. The summed E-state index contributed by atoms with van der Waals surface area (Å²) in [7, 11) is 0. The van der Waals surface area contributed by atoms with E-state index in [-0.39, 0.29) is 6.61 Å². The van der Waals surface area contributed by atoms with Gasteiger partial charge >= 0.3 is 0 Å². The molecule has 1 N–H and O–H groups in total. The number of aryl methyl sites for hydroxylation is 1. The summed E-state index contributed by atoms with van der Waals surface area (Å²) < 4.78 is 0. The van der Waals surface area contributed by atoms with E-state index in [1.807, 2.05) is 0 Å². The molecule has 1 aliphatic rings. The minimum atomic E-state index is 0.198. The molecule has 0 heterocycles. The van der Waals surface area contributed by atoms with Crippen LogP contribution in [0.4, 0.5) is 0 Å². The summed E-state index contributed by atoms with van der Waals surface area (Å²) in [5.41, 5.74) is 4.07. The molecule has 0 saturated heterocycles. The van der Waals surface area contributed by atoms with Gasteiger partial charge in [0.05, 0.1) is 6.61 Å². The van der Waals surface area contributed by atoms with E-state index in [0.29, 0.717) is 0 Å². The fraction of sp³-hybridized carbons (Fsp3) is 0.538. The van der Waals surface area contributed by atoms with Gasteiger partial charge in [-0.25, -0.2) is 0 Å². The Morgan fingerprint density at radius 2 is 2.00 bits per heavy atom. The lowest BCUT2D eigenvalue weighted by molar-refractivity contribution is 0.280. The third-order valence-corrected chi connectivity index (χ3v) is 2.96. The summed E-state index contributed by atoms with van der Waals surface area (Å²) in [6, 6.07) is 6.35. The quantitative estimate of drug-likeness (QED) is 0.773. The first-order valence-electron chi connectivity index (χ1n) is 5.58. The van der Waals surface area contributed by atoms with Gasteiger partial charge in [-0.1, -0.05) is 31.5 Å². The molecule has 0 aliphatic heterocycles. The zero-order valence-corrected chi connectivity index (χ0v) is 8.79. The second-order valence-corrected chi connectivity index (χ2v) is 4.17. The maximum atomic E-state index is 9.29. The van der Waals surface area contributed by atoms with Gasteiger partial charge in [0.15, 0.2) is 0 Å². The molecule has 1 fully saturated rings. The van der Waals surface area contributed by atoms with E-state index in [1.54, 1.807) is 0 Å². The Bertz CT molecular complexity index is 313. The van der Waals surface area contributed by atoms with Gasteiger partial charge in [0, 0.05) is 0 Å². The average Bonchev–Trinajstić information content (AvgIpc) is 3.01. The van der Waals surface area contributed by atoms with Gasteiger partial charge in [-0.05, 0) is 41.9 Å². The predicted octanol–water partition coefficient (Wildman–Crippen LogP) is 3.01. The van der Waals surface area contributed by atoms with Crippen LogP contribution in [0.15, 0.2) is 18.2 Å². The second kappa shape index (κ2) is 4.14. The van der Waals surface area contributed by atoms with E-state index in [9.17, 15) is 5.11 Å². The zero-order chi connectivity index (χ0) is 9.97. The number of benzene rings is 1. The summed E-state index contributed by atoms with van der Waals surface area (Å²) in [5, 5.41) is 9.29. The van der Waals surface area contributed by atoms with Crippen molar-refractivity contribution in [2.45, 2.75) is 45.1 Å². The summed E-state index contributed by atoms with van der Waals surface area (Å²) >= 11 is 0. The molecule has 0 atom stereocenters. The van der Waals surface area contributed by atoms with Crippen molar-refractivity contribution in [1.29, 1.82) is 0 Å². The van der Waals surface area contributed by atoms with Gasteiger partial charge in [0.25, 0.3) is 0 Å². The van der Waals surface area contributed by atoms with Crippen LogP contribution in [0.3, 0.4) is 0 Å². The van der Waals surface area contributed by atoms with Gasteiger partial charge in [-0.2, -0.15) is 0 Å². The molecule has 0 amide bonds. The molecule has 0 spiro atoms. The van der Waals surface area contributed by atoms with Crippen LogP contribution < -0.4 is 0 Å². The molecule has 0 aromatic heterocycles. The molecule has 1 aromatic rings. The van der Waals surface area contributed by atoms with Crippen LogP contribution in [0.5, 0.6) is 0 Å². The minimum absolute atomic E-state index is 0.198. The molecule has 76 valence electrons. The average molecular weight is 190 g/mol. The number of rotatable bonds is 4. The number of hydrogen-bond donors (Lipinski definition) is 1. The first-order chi connectivity index (χ1) is 6.86. The van der Waals surface area contributed by atoms with Gasteiger partial charge in [0.1, 0.15) is 0 Å². The lowest BCUT2D eigenvalue weighted by atomic mass is 9.95. The SMILES string of the molecule is CCCc1cccc(CO)c1C1CC1. The van der Waals surface area contributed by atoms with Gasteiger partial charge in [0.2, 0.25) is 0 Å². The molecule has 1 aliphatic carbocycles. The van der Waals surface area contributed by atoms with E-state index in [1.165, 1.54) is 30.4 Å². The summed E-state index contributed by atoms with van der Waals surface area (Å²) in [6.07, 6.45) is 4.97. The van der Waals surface area contributed by atoms with Crippen LogP contribution in [-0.2, 0) is 13.0 Å². The fourth-order valence-corrected chi connectivity index (χ4v) is 2.19. The van der Waals surface area contributed by atoms with E-state index in [2.05, 4.69) is 25.1 Å². The molecule has 2 rings (SSSR count). The lowest BCUT2D eigenvalue weighted by Crippen LogP contribution is -1.98. The van der Waals surface area contributed by atoms with Crippen LogP contribution in [0, 0.1) is 0 Å². The predicted molar refractivity (Wildman–Crippen MR) is 58.3 cm³/mol. The van der Waals surface area contributed by atoms with Crippen molar-refractivity contribution in [1.82, 2.24) is 0 Å². The monoisotopic (exact) mass is 190 g/mol. The van der Waals surface area contributed by atoms with Crippen molar-refractivity contribution >= 4 is 0 Å². The van der Waals surface area contributed by atoms with Crippen molar-refractivity contribution in [3.05, 3.63) is 34.9 Å². The molecule has 0 radical (unpaired) electrons. The molecular formula is C13H18O. The third-order valence-electron chi connectivity index (χ3n) is 2.96. The van der Waals surface area contributed by atoms with Crippen molar-refractivity contribution in [2.24, 2.45) is 0 Å². The molecule has 1 nitrogen and oxygen atoms in total. The van der Waals surface area contributed by atoms with Crippen molar-refractivity contribution in [3.63, 3.8) is 0 Å². The highest BCUT2D eigenvalue weighted by Gasteiger charge is 2.27. The normalized spacial score (nSPS) is 15.9. The Morgan fingerprint density at radius 3 is 2.57 bits per heavy atom. The van der Waals surface area contributed by atoms with Crippen LogP contribution >= 0.6 is 0 Å². The van der Waals surface area contributed by atoms with Crippen molar-refractivity contribution < 1.29 is 5.11 Å². The topological polar surface area (TPSA) is 20.2 Å². The first-order valence-corrected chi connectivity index (χ1v) is 5.58. The largest absolute Gasteiger partial charge is 0.392 e. The summed E-state index contributed by atoms with van der Waals surface area (Å²) in [6.45, 7) is 2.41. The van der Waals surface area contributed by atoms with Gasteiger partial charge in [-0.3, -0.25) is 0 Å². The smallest absolute Gasteiger partial charge is 0.0684 e. The number of aliphatic hydroxyl groups excluding tert-OH is 1. The Morgan fingerprint density at radius 1 is 1.29 bits per heavy atom. The van der Waals surface area contributed by atoms with Crippen LogP contribution in [0.25, 0.3) is 0 Å². The van der Waals surface area contributed by atoms with Crippen molar-refractivity contribution in [3.8, 4) is 0 Å². The Labute approximate surface area is 85.8 Å². The maximum absolute atomic E-state index is 9.29. The van der Waals surface area contributed by atoms with Gasteiger partial charge in [-0.15, -0.1) is 0 Å². The van der Waals surface area contributed by atoms with Gasteiger partial charge < -0.3 is 5.11 Å². The highest BCUT2D eigenvalue weighted by molar-refractivity contribution is 5.40. The zero-order valence-electron chi connectivity index (χ0n) is 8.79. The molecule has 1 saturated carbocycles. The molecule has 0 bridgehead atoms. The summed E-state index contributed by atoms with van der Waals surface area (Å²) in [4.78, 5) is 0. The van der Waals surface area contributed by atoms with Crippen LogP contribution in [0.1, 0.15) is 48.8 Å². The molecule has 0 unspecified atom stereocenters. The van der Waals surface area contributed by atoms with E-state index in [0.717, 1.165) is 17.9 Å². The highest BCUT2D eigenvalue weighted by atomic mass is 16.3. The molecule has 14 heavy (non-hydrogen) atoms. The number of hydrogen-bond acceptors (Lipinski definition) is 1. The highest BCUT2D eigenvalue weighted by Crippen LogP contribution is 2.43. The molecule has 1 aromatic carbocycles. The Kier molecular flexibility index (Phi) is 2.87. The standard InChI is InChI=1S/C13H18O/c1-2-4-10-5-3-6-12(9-14)13(10)11-7-8-11/h3,5-6,11,14H,2,4,7-9H2,1H3. The van der Waals surface area contributed by atoms with E-state index < -0.39 is 0 Å². The minimum Gasteiger partial charge on any atom is -0.392 e. The van der Waals surface area contributed by atoms with Crippen LogP contribution in [0.2, 0.25) is 0 Å². The van der Waals surface area contributed by atoms with Crippen LogP contribution in [-0.4, -0.2) is 5.11 Å². The summed E-state index contributed by atoms with van der Waals surface area (Å²) in [5.74, 6) is 0.750. The fourth-order valence-electron chi connectivity index (χ4n) is 2.19. The Balaban J connectivity index is 2.36. The number of aliphatic hydroxyl groups is 1. The van der Waals surface area contributed by atoms with E-state index >= 15 is 0 Å². The second-order valence-electron chi connectivity index (χ2n) is 4.17. The van der Waals surface area contributed by atoms with Crippen molar-refractivity contribution in [2.75, 3.05) is 0 Å². The third kappa shape index (κ3) is 1.83. The van der Waals surface area contributed by atoms with E-state index in [4.69, 9.17) is 0 Å². The molecule has 1 heteroatoms.